The molecule has 1 amide bonds. The molecule has 7 nitrogen and oxygen atoms in total. The van der Waals surface area contributed by atoms with Crippen LogP contribution in [0.2, 0.25) is 0 Å². The van der Waals surface area contributed by atoms with Gasteiger partial charge < -0.3 is 15.3 Å². The van der Waals surface area contributed by atoms with Crippen molar-refractivity contribution >= 4 is 23.4 Å². The second-order valence-corrected chi connectivity index (χ2v) is 5.64. The van der Waals surface area contributed by atoms with Crippen LogP contribution < -0.4 is 5.32 Å². The van der Waals surface area contributed by atoms with Gasteiger partial charge in [0.25, 0.3) is 5.91 Å². The monoisotopic (exact) mass is 326 g/mol. The maximum absolute atomic E-state index is 12.7. The highest BCUT2D eigenvalue weighted by Gasteiger charge is 2.32. The zero-order valence-electron chi connectivity index (χ0n) is 13.1. The summed E-state index contributed by atoms with van der Waals surface area (Å²) in [6.07, 6.45) is 6.89. The Morgan fingerprint density at radius 2 is 2.12 bits per heavy atom. The molecule has 3 rings (SSSR count). The lowest BCUT2D eigenvalue weighted by molar-refractivity contribution is -0.143. The van der Waals surface area contributed by atoms with Gasteiger partial charge in [0.15, 0.2) is 0 Å². The lowest BCUT2D eigenvalue weighted by atomic mass is 10.0. The predicted molar refractivity (Wildman–Crippen MR) is 88.1 cm³/mol. The number of likely N-dealkylation sites (tertiary alicyclic amines) is 1. The molecule has 1 aliphatic rings. The summed E-state index contributed by atoms with van der Waals surface area (Å²) in [5.74, 6) is -0.634. The van der Waals surface area contributed by atoms with Gasteiger partial charge in [-0.3, -0.25) is 9.78 Å². The summed E-state index contributed by atoms with van der Waals surface area (Å²) in [5, 5.41) is 12.4. The van der Waals surface area contributed by atoms with E-state index >= 15 is 0 Å². The number of nitrogens with zero attached hydrogens (tertiary/aromatic N) is 3. The molecular formula is C17H18N4O3. The molecule has 7 heteroatoms. The van der Waals surface area contributed by atoms with Crippen LogP contribution in [0.1, 0.15) is 29.6 Å². The number of carbonyl (C=O) groups excluding carboxylic acids is 1. The zero-order chi connectivity index (χ0) is 16.9. The number of hydrogen-bond donors (Lipinski definition) is 2. The molecule has 1 fully saturated rings. The number of carboxylic acid groups (broad SMARTS) is 1. The fourth-order valence-corrected chi connectivity index (χ4v) is 2.84. The molecule has 1 atom stereocenters. The van der Waals surface area contributed by atoms with E-state index in [-0.39, 0.29) is 5.91 Å². The molecule has 2 heterocycles. The van der Waals surface area contributed by atoms with Gasteiger partial charge in [0.1, 0.15) is 11.9 Å². The van der Waals surface area contributed by atoms with Crippen molar-refractivity contribution in [1.29, 1.82) is 0 Å². The van der Waals surface area contributed by atoms with Crippen molar-refractivity contribution in [3.8, 4) is 0 Å². The molecule has 0 radical (unpaired) electrons. The van der Waals surface area contributed by atoms with Crippen LogP contribution in [0.5, 0.6) is 0 Å². The smallest absolute Gasteiger partial charge is 0.326 e. The van der Waals surface area contributed by atoms with Gasteiger partial charge in [0, 0.05) is 30.2 Å². The number of piperidine rings is 1. The molecule has 2 aromatic rings. The highest BCUT2D eigenvalue weighted by molar-refractivity contribution is 5.97. The highest BCUT2D eigenvalue weighted by atomic mass is 16.4. The number of amides is 1. The normalized spacial score (nSPS) is 17.3. The van der Waals surface area contributed by atoms with E-state index in [4.69, 9.17) is 0 Å². The van der Waals surface area contributed by atoms with Gasteiger partial charge >= 0.3 is 5.97 Å². The Morgan fingerprint density at radius 3 is 2.88 bits per heavy atom. The average molecular weight is 326 g/mol. The number of anilines is 2. The largest absolute Gasteiger partial charge is 0.480 e. The van der Waals surface area contributed by atoms with Gasteiger partial charge in [-0.2, -0.15) is 0 Å². The summed E-state index contributed by atoms with van der Waals surface area (Å²) < 4.78 is 0. The number of rotatable bonds is 4. The molecule has 1 saturated heterocycles. The first-order valence-corrected chi connectivity index (χ1v) is 7.82. The molecular weight excluding hydrogens is 308 g/mol. The minimum atomic E-state index is -0.947. The fourth-order valence-electron chi connectivity index (χ4n) is 2.84. The number of aliphatic carboxylic acids is 1. The Balaban J connectivity index is 1.80. The third-order valence-electron chi connectivity index (χ3n) is 3.99. The second-order valence-electron chi connectivity index (χ2n) is 5.64. The number of aromatic nitrogens is 2. The van der Waals surface area contributed by atoms with E-state index in [0.29, 0.717) is 30.0 Å². The molecule has 0 unspecified atom stereocenters. The Hall–Kier alpha value is -2.96. The van der Waals surface area contributed by atoms with Crippen molar-refractivity contribution in [3.63, 3.8) is 0 Å². The SMILES string of the molecule is O=C(O)[C@@H]1CCCCN1C(=O)c1cccc(Nc2cnccn2)c1. The van der Waals surface area contributed by atoms with Gasteiger partial charge in [-0.25, -0.2) is 9.78 Å². The first kappa shape index (κ1) is 15.9. The van der Waals surface area contributed by atoms with E-state index in [1.165, 1.54) is 4.90 Å². The predicted octanol–water partition coefficient (Wildman–Crippen LogP) is 2.30. The van der Waals surface area contributed by atoms with Gasteiger partial charge in [-0.05, 0) is 37.5 Å². The first-order chi connectivity index (χ1) is 11.6. The maximum Gasteiger partial charge on any atom is 0.326 e. The van der Waals surface area contributed by atoms with E-state index in [0.717, 1.165) is 12.8 Å². The third kappa shape index (κ3) is 3.51. The molecule has 2 N–H and O–H groups in total. The quantitative estimate of drug-likeness (QED) is 0.895. The van der Waals surface area contributed by atoms with Crippen molar-refractivity contribution in [2.45, 2.75) is 25.3 Å². The van der Waals surface area contributed by atoms with Gasteiger partial charge in [0.05, 0.1) is 6.20 Å². The Labute approximate surface area is 139 Å². The lowest BCUT2D eigenvalue weighted by Crippen LogP contribution is -2.47. The van der Waals surface area contributed by atoms with Crippen molar-refractivity contribution < 1.29 is 14.7 Å². The van der Waals surface area contributed by atoms with E-state index in [1.807, 2.05) is 6.07 Å². The number of carbonyl (C=O) groups is 2. The summed E-state index contributed by atoms with van der Waals surface area (Å²) in [6, 6.07) is 6.22. The topological polar surface area (TPSA) is 95.4 Å². The van der Waals surface area contributed by atoms with Crippen LogP contribution >= 0.6 is 0 Å². The lowest BCUT2D eigenvalue weighted by Gasteiger charge is -2.33. The summed E-state index contributed by atoms with van der Waals surface area (Å²) in [6.45, 7) is 0.470. The van der Waals surface area contributed by atoms with Crippen LogP contribution in [0.25, 0.3) is 0 Å². The van der Waals surface area contributed by atoms with Gasteiger partial charge in [0.2, 0.25) is 0 Å². The van der Waals surface area contributed by atoms with E-state index in [1.54, 1.807) is 36.8 Å². The van der Waals surface area contributed by atoms with Crippen molar-refractivity contribution in [2.24, 2.45) is 0 Å². The number of benzene rings is 1. The average Bonchev–Trinajstić information content (AvgIpc) is 2.62. The number of nitrogens with one attached hydrogen (secondary N) is 1. The van der Waals surface area contributed by atoms with Crippen LogP contribution in [0, 0.1) is 0 Å². The van der Waals surface area contributed by atoms with Crippen LogP contribution in [-0.4, -0.2) is 44.4 Å². The minimum absolute atomic E-state index is 0.259. The summed E-state index contributed by atoms with van der Waals surface area (Å²) in [4.78, 5) is 33.7. The second kappa shape index (κ2) is 7.08. The summed E-state index contributed by atoms with van der Waals surface area (Å²) >= 11 is 0. The fraction of sp³-hybridized carbons (Fsp3) is 0.294. The standard InChI is InChI=1S/C17H18N4O3/c22-16(21-9-2-1-6-14(21)17(23)24)12-4-3-5-13(10-12)20-15-11-18-7-8-19-15/h3-5,7-8,10-11,14H,1-2,6,9H2,(H,19,20)(H,23,24)/t14-/m0/s1. The van der Waals surface area contributed by atoms with E-state index in [2.05, 4.69) is 15.3 Å². The molecule has 0 spiro atoms. The highest BCUT2D eigenvalue weighted by Crippen LogP contribution is 2.22. The van der Waals surface area contributed by atoms with E-state index < -0.39 is 12.0 Å². The van der Waals surface area contributed by atoms with Crippen molar-refractivity contribution in [2.75, 3.05) is 11.9 Å². The molecule has 0 saturated carbocycles. The van der Waals surface area contributed by atoms with Crippen molar-refractivity contribution in [3.05, 3.63) is 48.4 Å². The van der Waals surface area contributed by atoms with Gasteiger partial charge in [-0.15, -0.1) is 0 Å². The van der Waals surface area contributed by atoms with Crippen LogP contribution in [0.3, 0.4) is 0 Å². The van der Waals surface area contributed by atoms with Crippen LogP contribution in [-0.2, 0) is 4.79 Å². The molecule has 0 bridgehead atoms. The molecule has 1 aliphatic heterocycles. The third-order valence-corrected chi connectivity index (χ3v) is 3.99. The molecule has 0 aliphatic carbocycles. The Morgan fingerprint density at radius 1 is 1.25 bits per heavy atom. The number of hydrogen-bond acceptors (Lipinski definition) is 5. The zero-order valence-corrected chi connectivity index (χ0v) is 13.1. The van der Waals surface area contributed by atoms with Crippen molar-refractivity contribution in [1.82, 2.24) is 14.9 Å². The van der Waals surface area contributed by atoms with Crippen LogP contribution in [0.4, 0.5) is 11.5 Å². The number of carboxylic acids is 1. The molecule has 124 valence electrons. The van der Waals surface area contributed by atoms with E-state index in [9.17, 15) is 14.7 Å². The maximum atomic E-state index is 12.7. The minimum Gasteiger partial charge on any atom is -0.480 e. The molecule has 1 aromatic heterocycles. The Bertz CT molecular complexity index is 736. The Kier molecular flexibility index (Phi) is 4.69. The van der Waals surface area contributed by atoms with Gasteiger partial charge in [-0.1, -0.05) is 6.07 Å². The molecule has 1 aromatic carbocycles. The molecule has 24 heavy (non-hydrogen) atoms. The first-order valence-electron chi connectivity index (χ1n) is 7.82. The summed E-state index contributed by atoms with van der Waals surface area (Å²) in [5.41, 5.74) is 1.15. The summed E-state index contributed by atoms with van der Waals surface area (Å²) in [7, 11) is 0. The van der Waals surface area contributed by atoms with Crippen LogP contribution in [0.15, 0.2) is 42.9 Å².